The molecular weight excluding hydrogens is 147 g/mol. The van der Waals surface area contributed by atoms with E-state index in [-0.39, 0.29) is 0 Å². The van der Waals surface area contributed by atoms with Crippen LogP contribution in [0.15, 0.2) is 30.5 Å². The van der Waals surface area contributed by atoms with E-state index in [4.69, 9.17) is 13.6 Å². The minimum atomic E-state index is 0.607. The van der Waals surface area contributed by atoms with Crippen molar-refractivity contribution in [2.24, 2.45) is 0 Å². The summed E-state index contributed by atoms with van der Waals surface area (Å²) in [5.41, 5.74) is 7.73. The summed E-state index contributed by atoms with van der Waals surface area (Å²) in [5.74, 6) is 0. The van der Waals surface area contributed by atoms with E-state index in [2.05, 4.69) is 4.98 Å². The van der Waals surface area contributed by atoms with Crippen molar-refractivity contribution < 1.29 is 0 Å². The number of pyridine rings is 1. The summed E-state index contributed by atoms with van der Waals surface area (Å²) < 4.78 is 0. The summed E-state index contributed by atoms with van der Waals surface area (Å²) >= 11 is 0. The molecule has 1 aromatic heterocycles. The average Bonchev–Trinajstić information content (AvgIpc) is 2.12. The SMILES string of the molecule is [B]c1c(N)ccc2ncccc12. The molecule has 0 bridgehead atoms. The molecule has 12 heavy (non-hydrogen) atoms. The number of hydrogen-bond acceptors (Lipinski definition) is 2. The second-order valence-corrected chi connectivity index (χ2v) is 2.64. The molecule has 0 atom stereocenters. The van der Waals surface area contributed by atoms with Crippen molar-refractivity contribution in [1.29, 1.82) is 0 Å². The number of aromatic nitrogens is 1. The molecule has 2 N–H and O–H groups in total. The molecule has 0 aliphatic heterocycles. The first kappa shape index (κ1) is 7.16. The van der Waals surface area contributed by atoms with Gasteiger partial charge in [0, 0.05) is 11.9 Å². The van der Waals surface area contributed by atoms with Gasteiger partial charge in [0.05, 0.1) is 5.52 Å². The molecular formula is C9H7BN2. The predicted octanol–water partition coefficient (Wildman–Crippen LogP) is 0.611. The fourth-order valence-corrected chi connectivity index (χ4v) is 1.19. The Morgan fingerprint density at radius 2 is 2.08 bits per heavy atom. The maximum absolute atomic E-state index is 5.75. The largest absolute Gasteiger partial charge is 0.399 e. The van der Waals surface area contributed by atoms with Crippen molar-refractivity contribution in [2.75, 3.05) is 5.73 Å². The van der Waals surface area contributed by atoms with E-state index < -0.39 is 0 Å². The van der Waals surface area contributed by atoms with Crippen LogP contribution in [0, 0.1) is 0 Å². The maximum Gasteiger partial charge on any atom is 0.117 e. The Balaban J connectivity index is 2.91. The van der Waals surface area contributed by atoms with Gasteiger partial charge in [0.1, 0.15) is 7.85 Å². The third-order valence-corrected chi connectivity index (χ3v) is 1.86. The first-order valence-corrected chi connectivity index (χ1v) is 3.68. The lowest BCUT2D eigenvalue weighted by Crippen LogP contribution is -2.10. The monoisotopic (exact) mass is 154 g/mol. The van der Waals surface area contributed by atoms with Gasteiger partial charge in [-0.05, 0) is 23.6 Å². The van der Waals surface area contributed by atoms with Crippen LogP contribution in [-0.2, 0) is 0 Å². The minimum absolute atomic E-state index is 0.607. The number of anilines is 1. The van der Waals surface area contributed by atoms with Crippen LogP contribution in [0.3, 0.4) is 0 Å². The number of nitrogen functional groups attached to an aromatic ring is 1. The number of rotatable bonds is 0. The summed E-state index contributed by atoms with van der Waals surface area (Å²) in [4.78, 5) is 4.15. The van der Waals surface area contributed by atoms with Gasteiger partial charge in [-0.25, -0.2) is 0 Å². The number of nitrogens with zero attached hydrogens (tertiary/aromatic N) is 1. The van der Waals surface area contributed by atoms with Gasteiger partial charge in [0.15, 0.2) is 0 Å². The minimum Gasteiger partial charge on any atom is -0.399 e. The second kappa shape index (κ2) is 2.52. The molecule has 0 spiro atoms. The van der Waals surface area contributed by atoms with E-state index >= 15 is 0 Å². The summed E-state index contributed by atoms with van der Waals surface area (Å²) in [6, 6.07) is 7.39. The van der Waals surface area contributed by atoms with Crippen LogP contribution in [0.25, 0.3) is 10.9 Å². The molecule has 2 radical (unpaired) electrons. The lowest BCUT2D eigenvalue weighted by molar-refractivity contribution is 1.42. The Hall–Kier alpha value is -1.51. The van der Waals surface area contributed by atoms with Crippen molar-refractivity contribution in [3.8, 4) is 0 Å². The van der Waals surface area contributed by atoms with E-state index in [9.17, 15) is 0 Å². The van der Waals surface area contributed by atoms with Crippen LogP contribution in [0.1, 0.15) is 0 Å². The molecule has 0 saturated heterocycles. The van der Waals surface area contributed by atoms with Gasteiger partial charge in [-0.3, -0.25) is 4.98 Å². The highest BCUT2D eigenvalue weighted by molar-refractivity contribution is 6.41. The Morgan fingerprint density at radius 1 is 1.25 bits per heavy atom. The molecule has 0 aliphatic rings. The van der Waals surface area contributed by atoms with Gasteiger partial charge >= 0.3 is 0 Å². The lowest BCUT2D eigenvalue weighted by atomic mass is 9.90. The Morgan fingerprint density at radius 3 is 2.92 bits per heavy atom. The second-order valence-electron chi connectivity index (χ2n) is 2.64. The number of benzene rings is 1. The smallest absolute Gasteiger partial charge is 0.117 e. The van der Waals surface area contributed by atoms with Crippen LogP contribution >= 0.6 is 0 Å². The lowest BCUT2D eigenvalue weighted by Gasteiger charge is -2.03. The summed E-state index contributed by atoms with van der Waals surface area (Å²) in [6.07, 6.45) is 1.73. The standard InChI is InChI=1S/C9H7BN2/c10-9-6-2-1-5-12-8(6)4-3-7(9)11/h1-5H,11H2. The molecule has 0 aliphatic carbocycles. The van der Waals surface area contributed by atoms with E-state index in [1.165, 1.54) is 0 Å². The Labute approximate surface area is 71.8 Å². The highest BCUT2D eigenvalue weighted by atomic mass is 14.6. The third kappa shape index (κ3) is 0.943. The molecule has 0 unspecified atom stereocenters. The van der Waals surface area contributed by atoms with Crippen LogP contribution in [-0.4, -0.2) is 12.8 Å². The van der Waals surface area contributed by atoms with Crippen molar-refractivity contribution in [3.63, 3.8) is 0 Å². The molecule has 0 fully saturated rings. The Kier molecular flexibility index (Phi) is 1.50. The number of fused-ring (bicyclic) bond motifs is 1. The molecule has 2 aromatic rings. The average molecular weight is 154 g/mol. The van der Waals surface area contributed by atoms with Crippen LogP contribution in [0.4, 0.5) is 5.69 Å². The maximum atomic E-state index is 5.75. The van der Waals surface area contributed by atoms with Gasteiger partial charge in [-0.2, -0.15) is 0 Å². The van der Waals surface area contributed by atoms with Gasteiger partial charge in [-0.1, -0.05) is 11.5 Å². The molecule has 2 nitrogen and oxygen atoms in total. The van der Waals surface area contributed by atoms with E-state index in [1.54, 1.807) is 12.3 Å². The highest BCUT2D eigenvalue weighted by Crippen LogP contribution is 2.10. The third-order valence-electron chi connectivity index (χ3n) is 1.86. The predicted molar refractivity (Wildman–Crippen MR) is 51.5 cm³/mol. The summed E-state index contributed by atoms with van der Waals surface area (Å²) in [6.45, 7) is 0. The zero-order chi connectivity index (χ0) is 8.55. The summed E-state index contributed by atoms with van der Waals surface area (Å²) in [7, 11) is 5.75. The molecule has 0 saturated carbocycles. The van der Waals surface area contributed by atoms with Gasteiger partial charge in [0.25, 0.3) is 0 Å². The molecule has 0 amide bonds. The Bertz CT molecular complexity index is 426. The van der Waals surface area contributed by atoms with Crippen LogP contribution in [0.2, 0.25) is 0 Å². The fraction of sp³-hybridized carbons (Fsp3) is 0. The number of nitrogens with two attached hydrogens (primary N) is 1. The van der Waals surface area contributed by atoms with Crippen molar-refractivity contribution >= 4 is 29.9 Å². The van der Waals surface area contributed by atoms with Gasteiger partial charge in [-0.15, -0.1) is 0 Å². The molecule has 3 heteroatoms. The van der Waals surface area contributed by atoms with E-state index in [0.29, 0.717) is 11.2 Å². The number of hydrogen-bond donors (Lipinski definition) is 1. The molecule has 1 aromatic carbocycles. The normalized spacial score (nSPS) is 10.3. The highest BCUT2D eigenvalue weighted by Gasteiger charge is 1.98. The first-order valence-electron chi connectivity index (χ1n) is 3.68. The molecule has 56 valence electrons. The van der Waals surface area contributed by atoms with Crippen LogP contribution < -0.4 is 11.2 Å². The summed E-state index contributed by atoms with van der Waals surface area (Å²) in [5, 5.41) is 0.914. The molecule has 1 heterocycles. The van der Waals surface area contributed by atoms with E-state index in [1.807, 2.05) is 18.2 Å². The van der Waals surface area contributed by atoms with Crippen molar-refractivity contribution in [1.82, 2.24) is 4.98 Å². The van der Waals surface area contributed by atoms with Crippen LogP contribution in [0.5, 0.6) is 0 Å². The first-order chi connectivity index (χ1) is 5.79. The zero-order valence-electron chi connectivity index (χ0n) is 6.49. The topological polar surface area (TPSA) is 38.9 Å². The van der Waals surface area contributed by atoms with E-state index in [0.717, 1.165) is 10.9 Å². The quantitative estimate of drug-likeness (QED) is 0.446. The van der Waals surface area contributed by atoms with Gasteiger partial charge in [0.2, 0.25) is 0 Å². The fourth-order valence-electron chi connectivity index (χ4n) is 1.19. The molecule has 2 rings (SSSR count). The van der Waals surface area contributed by atoms with Crippen molar-refractivity contribution in [3.05, 3.63) is 30.5 Å². The van der Waals surface area contributed by atoms with Gasteiger partial charge < -0.3 is 5.73 Å². The van der Waals surface area contributed by atoms with Crippen molar-refractivity contribution in [2.45, 2.75) is 0 Å². The zero-order valence-corrected chi connectivity index (χ0v) is 6.49.